The van der Waals surface area contributed by atoms with Crippen molar-refractivity contribution in [2.24, 2.45) is 0 Å². The summed E-state index contributed by atoms with van der Waals surface area (Å²) in [6, 6.07) is 54.5. The van der Waals surface area contributed by atoms with Crippen LogP contribution in [0.15, 0.2) is 170 Å². The Morgan fingerprint density at radius 2 is 1.01 bits per heavy atom. The van der Waals surface area contributed by atoms with E-state index in [9.17, 15) is 0 Å². The highest BCUT2D eigenvalue weighted by Crippen LogP contribution is 2.62. The van der Waals surface area contributed by atoms with Crippen LogP contribution in [0.3, 0.4) is 0 Å². The minimum absolute atomic E-state index is 0.222. The summed E-state index contributed by atoms with van der Waals surface area (Å²) in [5, 5.41) is 11.1. The molecule has 2 heterocycles. The lowest BCUT2D eigenvalue weighted by Crippen LogP contribution is -2.24. The van der Waals surface area contributed by atoms with Crippen molar-refractivity contribution in [1.29, 1.82) is 0 Å². The van der Waals surface area contributed by atoms with Gasteiger partial charge >= 0.3 is 0 Å². The summed E-state index contributed by atoms with van der Waals surface area (Å²) in [7, 11) is 0. The van der Waals surface area contributed by atoms with Crippen LogP contribution in [0.4, 0.5) is 0 Å². The summed E-state index contributed by atoms with van der Waals surface area (Å²) in [4.78, 5) is 0. The Morgan fingerprint density at radius 3 is 1.58 bits per heavy atom. The highest BCUT2D eigenvalue weighted by atomic mass is 15.0. The van der Waals surface area contributed by atoms with Crippen LogP contribution in [0.25, 0.3) is 110 Å². The zero-order valence-electron chi connectivity index (χ0n) is 41.3. The maximum absolute atomic E-state index is 4.25. The fraction of sp³-hybridized carbons (Fsp3) is 0.188. The van der Waals surface area contributed by atoms with Crippen LogP contribution in [0, 0.1) is 0 Å². The van der Waals surface area contributed by atoms with Crippen LogP contribution in [-0.4, -0.2) is 9.13 Å². The molecule has 0 radical (unpaired) electrons. The average molecular weight is 913 g/mol. The molecule has 0 saturated heterocycles. The van der Waals surface area contributed by atoms with E-state index in [1.165, 1.54) is 149 Å². The van der Waals surface area contributed by atoms with Gasteiger partial charge in [0.05, 0.1) is 22.1 Å². The molecule has 9 aromatic carbocycles. The molecule has 2 nitrogen and oxygen atoms in total. The number of aryl methyl sites for hydroxylation is 4. The summed E-state index contributed by atoms with van der Waals surface area (Å²) >= 11 is 0. The third kappa shape index (κ3) is 5.43. The summed E-state index contributed by atoms with van der Waals surface area (Å²) in [5.74, 6) is 1.08. The van der Waals surface area contributed by atoms with Gasteiger partial charge in [-0.05, 0) is 216 Å². The number of hydrogen-bond donors (Lipinski definition) is 0. The first-order valence-electron chi connectivity index (χ1n) is 26.2. The summed E-state index contributed by atoms with van der Waals surface area (Å²) in [6.45, 7) is 16.4. The second-order valence-electron chi connectivity index (χ2n) is 21.5. The van der Waals surface area contributed by atoms with Crippen molar-refractivity contribution in [3.05, 3.63) is 215 Å². The zero-order valence-corrected chi connectivity index (χ0v) is 41.3. The Balaban J connectivity index is 1.04. The Hall–Kier alpha value is -7.68. The minimum atomic E-state index is 0.222. The van der Waals surface area contributed by atoms with E-state index in [4.69, 9.17) is 0 Å². The monoisotopic (exact) mass is 912 g/mol. The predicted molar refractivity (Wildman–Crippen MR) is 303 cm³/mol. The second kappa shape index (κ2) is 14.9. The molecule has 0 saturated carbocycles. The lowest BCUT2D eigenvalue weighted by atomic mass is 9.62. The first-order valence-corrected chi connectivity index (χ1v) is 26.2. The molecule has 0 spiro atoms. The number of para-hydroxylation sites is 1. The molecule has 2 heteroatoms. The van der Waals surface area contributed by atoms with Crippen molar-refractivity contribution >= 4 is 70.9 Å². The minimum Gasteiger partial charge on any atom is -0.309 e. The van der Waals surface area contributed by atoms with Gasteiger partial charge in [-0.25, -0.2) is 0 Å². The van der Waals surface area contributed by atoms with Crippen molar-refractivity contribution in [2.75, 3.05) is 0 Å². The quantitative estimate of drug-likeness (QED) is 0.147. The van der Waals surface area contributed by atoms with Crippen LogP contribution in [0.1, 0.15) is 103 Å². The number of hydrogen-bond acceptors (Lipinski definition) is 0. The highest BCUT2D eigenvalue weighted by molar-refractivity contribution is 6.19. The van der Waals surface area contributed by atoms with Crippen molar-refractivity contribution in [3.8, 4) is 39.1 Å². The van der Waals surface area contributed by atoms with Crippen LogP contribution in [0.5, 0.6) is 0 Å². The van der Waals surface area contributed by atoms with Gasteiger partial charge in [-0.1, -0.05) is 137 Å². The van der Waals surface area contributed by atoms with E-state index in [1.54, 1.807) is 0 Å². The Labute approximate surface area is 415 Å². The third-order valence-electron chi connectivity index (χ3n) is 18.2. The fourth-order valence-electron chi connectivity index (χ4n) is 14.6. The summed E-state index contributed by atoms with van der Waals surface area (Å²) < 4.78 is 5.19. The lowest BCUT2D eigenvalue weighted by Gasteiger charge is -2.42. The van der Waals surface area contributed by atoms with Gasteiger partial charge in [-0.3, -0.25) is 0 Å². The van der Waals surface area contributed by atoms with E-state index < -0.39 is 0 Å². The highest BCUT2D eigenvalue weighted by Gasteiger charge is 2.42. The van der Waals surface area contributed by atoms with Gasteiger partial charge in [0, 0.05) is 32.9 Å². The van der Waals surface area contributed by atoms with Gasteiger partial charge in [0.1, 0.15) is 0 Å². The van der Waals surface area contributed by atoms with Crippen LogP contribution in [-0.2, 0) is 25.7 Å². The van der Waals surface area contributed by atoms with Gasteiger partial charge in [-0.2, -0.15) is 0 Å². The number of rotatable bonds is 6. The normalized spacial score (nSPS) is 18.9. The average Bonchev–Trinajstić information content (AvgIpc) is 4.19. The van der Waals surface area contributed by atoms with E-state index in [-0.39, 0.29) is 11.8 Å². The second-order valence-corrected chi connectivity index (χ2v) is 21.5. The van der Waals surface area contributed by atoms with Gasteiger partial charge in [0.25, 0.3) is 0 Å². The van der Waals surface area contributed by atoms with E-state index in [0.717, 1.165) is 31.4 Å². The maximum atomic E-state index is 4.25. The first-order chi connectivity index (χ1) is 34.8. The van der Waals surface area contributed by atoms with Gasteiger partial charge in [0.15, 0.2) is 0 Å². The molecule has 2 aromatic heterocycles. The smallest absolute Gasteiger partial charge is 0.0582 e. The zero-order chi connectivity index (χ0) is 47.6. The van der Waals surface area contributed by atoms with Gasteiger partial charge < -0.3 is 9.13 Å². The fourth-order valence-corrected chi connectivity index (χ4v) is 14.6. The van der Waals surface area contributed by atoms with Crippen LogP contribution < -0.4 is 0 Å². The Bertz CT molecular complexity index is 4240. The number of aromatic nitrogens is 2. The van der Waals surface area contributed by atoms with Crippen molar-refractivity contribution in [1.82, 2.24) is 9.13 Å². The van der Waals surface area contributed by atoms with Gasteiger partial charge in [-0.15, -0.1) is 0 Å². The third-order valence-corrected chi connectivity index (χ3v) is 18.2. The lowest BCUT2D eigenvalue weighted by molar-refractivity contribution is 0.584. The molecule has 0 bridgehead atoms. The van der Waals surface area contributed by atoms with Crippen LogP contribution >= 0.6 is 0 Å². The SMILES string of the molecule is C=C/C=C(\C=C/C)n1c2ccc(-c3ccc4c5c(cccc35)CC4)cc2c2cc3c4c(c21)C(C)C(C)c1c-4c(cc2c4cc(-c5ccc6c7c(cccc57)CC6)ccc4n(-c4ccccc4)c12)C(C)C3C. The molecular formula is C69H56N2. The first kappa shape index (κ1) is 41.1. The topological polar surface area (TPSA) is 9.86 Å². The van der Waals surface area contributed by atoms with E-state index >= 15 is 0 Å². The molecule has 4 unspecified atom stereocenters. The molecular weight excluding hydrogens is 857 g/mol. The number of allylic oxidation sites excluding steroid dienone is 5. The van der Waals surface area contributed by atoms with E-state index in [1.807, 2.05) is 6.08 Å². The van der Waals surface area contributed by atoms with Crippen molar-refractivity contribution in [3.63, 3.8) is 0 Å². The molecule has 15 rings (SSSR count). The molecule has 4 atom stereocenters. The molecule has 4 aliphatic carbocycles. The molecule has 0 aliphatic heterocycles. The molecule has 0 fully saturated rings. The van der Waals surface area contributed by atoms with Crippen LogP contribution in [0.2, 0.25) is 0 Å². The molecule has 71 heavy (non-hydrogen) atoms. The standard InChI is InChI=1S/C69H56N2/c1-7-14-48(15-8-2)70-60-32-28-46(50-30-26-44-24-22-42-16-12-20-52(50)64(42)44)34-56(60)58-36-54-38(3)39(4)55-37-59-57-35-47(51-31-27-45-25-23-43-17-13-21-53(51)65(43)45)29-33-61(57)71(49-18-10-9-11-19-49)69(59)63-41(6)40(5)62(68(58)70)66(54)67(55)63/h7-21,26-41H,1,22-25H2,2-6H3/b15-8-,48-14+. The largest absolute Gasteiger partial charge is 0.309 e. The van der Waals surface area contributed by atoms with E-state index in [2.05, 4.69) is 208 Å². The maximum Gasteiger partial charge on any atom is 0.0582 e. The molecule has 0 amide bonds. The van der Waals surface area contributed by atoms with Crippen molar-refractivity contribution in [2.45, 2.75) is 84.0 Å². The number of benzene rings is 9. The molecule has 11 aromatic rings. The molecule has 0 N–H and O–H groups in total. The Morgan fingerprint density at radius 1 is 0.493 bits per heavy atom. The van der Waals surface area contributed by atoms with Crippen molar-refractivity contribution < 1.29 is 0 Å². The summed E-state index contributed by atoms with van der Waals surface area (Å²) in [6.07, 6.45) is 13.1. The molecule has 342 valence electrons. The van der Waals surface area contributed by atoms with E-state index in [0.29, 0.717) is 11.8 Å². The molecule has 4 aliphatic rings. The number of nitrogens with zero attached hydrogens (tertiary/aromatic N) is 2. The predicted octanol–water partition coefficient (Wildman–Crippen LogP) is 18.4. The number of fused-ring (bicyclic) bond motifs is 8. The Kier molecular flexibility index (Phi) is 8.64. The summed E-state index contributed by atoms with van der Waals surface area (Å²) in [5.41, 5.74) is 27.6. The van der Waals surface area contributed by atoms with Gasteiger partial charge in [0.2, 0.25) is 0 Å².